The normalized spacial score (nSPS) is 29.1. The smallest absolute Gasteiger partial charge is 0.183 e. The second kappa shape index (κ2) is 8.61. The Labute approximate surface area is 187 Å². The van der Waals surface area contributed by atoms with E-state index < -0.39 is 0 Å². The summed E-state index contributed by atoms with van der Waals surface area (Å²) in [6.45, 7) is 2.68. The Morgan fingerprint density at radius 1 is 1.23 bits per heavy atom. The number of hydrogen-bond donors (Lipinski definition) is 3. The van der Waals surface area contributed by atoms with Gasteiger partial charge in [-0.25, -0.2) is 9.97 Å². The monoisotopic (exact) mass is 447 g/mol. The Morgan fingerprint density at radius 3 is 2.83 bits per heavy atom. The minimum absolute atomic E-state index is 0.385. The first-order valence-electron chi connectivity index (χ1n) is 11.1. The van der Waals surface area contributed by atoms with Gasteiger partial charge in [-0.1, -0.05) is 11.6 Å². The van der Waals surface area contributed by atoms with Gasteiger partial charge in [0.2, 0.25) is 0 Å². The molecule has 1 atom stereocenters. The van der Waals surface area contributed by atoms with Crippen LogP contribution in [0.25, 0.3) is 11.3 Å². The van der Waals surface area contributed by atoms with E-state index in [2.05, 4.69) is 21.0 Å². The zero-order valence-corrected chi connectivity index (χ0v) is 18.8. The lowest BCUT2D eigenvalue weighted by Gasteiger charge is -2.27. The summed E-state index contributed by atoms with van der Waals surface area (Å²) < 4.78 is 5.44. The lowest BCUT2D eigenvalue weighted by molar-refractivity contribution is 0.0699. The zero-order chi connectivity index (χ0) is 20.6. The molecule has 8 heteroatoms. The molecule has 6 nitrogen and oxygen atoms in total. The molecule has 30 heavy (non-hydrogen) atoms. The number of nitrogens with one attached hydrogen (secondary N) is 2. The van der Waals surface area contributed by atoms with Crippen LogP contribution in [0.1, 0.15) is 44.9 Å². The van der Waals surface area contributed by atoms with Crippen LogP contribution in [0.4, 0.5) is 10.9 Å². The summed E-state index contributed by atoms with van der Waals surface area (Å²) in [4.78, 5) is 9.30. The zero-order valence-electron chi connectivity index (χ0n) is 17.2. The Kier molecular flexibility index (Phi) is 5.88. The van der Waals surface area contributed by atoms with Gasteiger partial charge in [0.05, 0.1) is 10.7 Å². The number of ether oxygens (including phenoxy) is 1. The first-order valence-corrected chi connectivity index (χ1v) is 12.3. The summed E-state index contributed by atoms with van der Waals surface area (Å²) in [6.07, 6.45) is 9.91. The molecule has 0 radical (unpaired) electrons. The molecule has 2 aromatic rings. The molecule has 0 unspecified atom stereocenters. The highest BCUT2D eigenvalue weighted by Gasteiger charge is 2.54. The molecular weight excluding hydrogens is 418 g/mol. The topological polar surface area (TPSA) is 85.1 Å². The lowest BCUT2D eigenvalue weighted by atomic mass is 9.83. The second-order valence-corrected chi connectivity index (χ2v) is 10.4. The van der Waals surface area contributed by atoms with Gasteiger partial charge in [-0.05, 0) is 62.3 Å². The third-order valence-corrected chi connectivity index (χ3v) is 8.16. The number of aromatic nitrogens is 2. The van der Waals surface area contributed by atoms with Crippen molar-refractivity contribution >= 4 is 33.9 Å². The highest BCUT2D eigenvalue weighted by Crippen LogP contribution is 2.57. The molecule has 2 aliphatic carbocycles. The van der Waals surface area contributed by atoms with E-state index in [0.29, 0.717) is 28.4 Å². The fraction of sp³-hybridized carbons (Fsp3) is 0.636. The average molecular weight is 448 g/mol. The Balaban J connectivity index is 1.22. The van der Waals surface area contributed by atoms with Gasteiger partial charge < -0.3 is 21.1 Å². The summed E-state index contributed by atoms with van der Waals surface area (Å²) >= 11 is 8.10. The van der Waals surface area contributed by atoms with E-state index in [1.807, 2.05) is 6.07 Å². The Hall–Kier alpha value is -1.41. The summed E-state index contributed by atoms with van der Waals surface area (Å²) in [5.74, 6) is 1.54. The summed E-state index contributed by atoms with van der Waals surface area (Å²) in [5.41, 5.74) is 8.35. The highest BCUT2D eigenvalue weighted by atomic mass is 35.5. The predicted molar refractivity (Wildman–Crippen MR) is 123 cm³/mol. The third-order valence-electron chi connectivity index (χ3n) is 7.06. The van der Waals surface area contributed by atoms with Crippen LogP contribution in [0.5, 0.6) is 0 Å². The molecular formula is C22H30ClN5OS. The van der Waals surface area contributed by atoms with Crippen LogP contribution in [-0.2, 0) is 4.74 Å². The number of thiazole rings is 1. The van der Waals surface area contributed by atoms with Crippen molar-refractivity contribution in [2.24, 2.45) is 17.1 Å². The minimum Gasteiger partial charge on any atom is -0.381 e. The molecule has 2 saturated carbocycles. The second-order valence-electron chi connectivity index (χ2n) is 9.12. The van der Waals surface area contributed by atoms with Gasteiger partial charge in [0, 0.05) is 49.0 Å². The maximum absolute atomic E-state index is 6.48. The van der Waals surface area contributed by atoms with Gasteiger partial charge in [0.15, 0.2) is 5.13 Å². The number of rotatable bonds is 6. The number of hydrogen-bond acceptors (Lipinski definition) is 7. The molecule has 3 fully saturated rings. The van der Waals surface area contributed by atoms with Crippen molar-refractivity contribution in [2.75, 3.05) is 30.4 Å². The number of nitrogens with two attached hydrogens (primary N) is 1. The van der Waals surface area contributed by atoms with Gasteiger partial charge in [0.25, 0.3) is 0 Å². The molecule has 3 heterocycles. The molecule has 0 amide bonds. The molecule has 5 rings (SSSR count). The van der Waals surface area contributed by atoms with Crippen molar-refractivity contribution < 1.29 is 4.74 Å². The summed E-state index contributed by atoms with van der Waals surface area (Å²) in [6, 6.07) is 2.93. The van der Waals surface area contributed by atoms with Gasteiger partial charge in [-0.15, -0.1) is 11.3 Å². The van der Waals surface area contributed by atoms with Crippen molar-refractivity contribution in [3.05, 3.63) is 22.7 Å². The van der Waals surface area contributed by atoms with E-state index in [1.54, 1.807) is 17.5 Å². The number of halogens is 1. The quantitative estimate of drug-likeness (QED) is 0.591. The minimum atomic E-state index is 0.385. The molecule has 1 spiro atoms. The first kappa shape index (κ1) is 20.5. The standard InChI is InChI=1S/C22H30ClN5OS/c23-17-12-25-20(28-19-10-22(19)5-1-15(24)2-6-22)9-16(17)18-13-30-21(27-18)26-11-14-3-7-29-8-4-14/h9,12-15,19H,1-8,10-11,24H2,(H,25,28)(H,26,27)/t15?,19-,22?/m1/s1. The van der Waals surface area contributed by atoms with Crippen molar-refractivity contribution in [1.82, 2.24) is 9.97 Å². The van der Waals surface area contributed by atoms with E-state index in [9.17, 15) is 0 Å². The molecule has 2 aromatic heterocycles. The molecule has 0 bridgehead atoms. The largest absolute Gasteiger partial charge is 0.381 e. The Bertz CT molecular complexity index is 876. The van der Waals surface area contributed by atoms with E-state index in [0.717, 1.165) is 67.6 Å². The molecule has 1 aliphatic heterocycles. The van der Waals surface area contributed by atoms with Gasteiger partial charge in [0.1, 0.15) is 5.82 Å². The van der Waals surface area contributed by atoms with Crippen molar-refractivity contribution in [1.29, 1.82) is 0 Å². The Morgan fingerprint density at radius 2 is 2.03 bits per heavy atom. The maximum Gasteiger partial charge on any atom is 0.183 e. The van der Waals surface area contributed by atoms with Gasteiger partial charge >= 0.3 is 0 Å². The molecule has 4 N–H and O–H groups in total. The third kappa shape index (κ3) is 4.44. The van der Waals surface area contributed by atoms with Gasteiger partial charge in [-0.3, -0.25) is 0 Å². The number of nitrogens with zero attached hydrogens (tertiary/aromatic N) is 2. The van der Waals surface area contributed by atoms with Crippen molar-refractivity contribution in [3.8, 4) is 11.3 Å². The fourth-order valence-electron chi connectivity index (χ4n) is 4.87. The molecule has 162 valence electrons. The highest BCUT2D eigenvalue weighted by molar-refractivity contribution is 7.14. The molecule has 0 aromatic carbocycles. The number of anilines is 2. The van der Waals surface area contributed by atoms with Crippen LogP contribution in [-0.4, -0.2) is 41.8 Å². The van der Waals surface area contributed by atoms with E-state index >= 15 is 0 Å². The molecule has 3 aliphatic rings. The van der Waals surface area contributed by atoms with Crippen LogP contribution in [0.2, 0.25) is 5.02 Å². The van der Waals surface area contributed by atoms with Crippen LogP contribution >= 0.6 is 22.9 Å². The molecule has 1 saturated heterocycles. The van der Waals surface area contributed by atoms with E-state index in [4.69, 9.17) is 27.1 Å². The first-order chi connectivity index (χ1) is 14.6. The van der Waals surface area contributed by atoms with Crippen LogP contribution < -0.4 is 16.4 Å². The van der Waals surface area contributed by atoms with Crippen LogP contribution in [0.15, 0.2) is 17.6 Å². The van der Waals surface area contributed by atoms with Gasteiger partial charge in [-0.2, -0.15) is 0 Å². The fourth-order valence-corrected chi connectivity index (χ4v) is 5.79. The van der Waals surface area contributed by atoms with Crippen molar-refractivity contribution in [3.63, 3.8) is 0 Å². The lowest BCUT2D eigenvalue weighted by Crippen LogP contribution is -2.29. The van der Waals surface area contributed by atoms with E-state index in [-0.39, 0.29) is 0 Å². The van der Waals surface area contributed by atoms with E-state index in [1.165, 1.54) is 19.3 Å². The van der Waals surface area contributed by atoms with Crippen LogP contribution in [0.3, 0.4) is 0 Å². The SMILES string of the molecule is NC1CCC2(CC1)C[C@H]2Nc1cc(-c2csc(NCC3CCOCC3)n2)c(Cl)cn1. The number of pyridine rings is 1. The summed E-state index contributed by atoms with van der Waals surface area (Å²) in [5, 5.41) is 10.8. The average Bonchev–Trinajstić information content (AvgIpc) is 3.19. The van der Waals surface area contributed by atoms with Crippen molar-refractivity contribution in [2.45, 2.75) is 57.0 Å². The van der Waals surface area contributed by atoms with Crippen LogP contribution in [0, 0.1) is 11.3 Å². The summed E-state index contributed by atoms with van der Waals surface area (Å²) in [7, 11) is 0. The maximum atomic E-state index is 6.48. The predicted octanol–water partition coefficient (Wildman–Crippen LogP) is 4.77.